The van der Waals surface area contributed by atoms with Gasteiger partial charge < -0.3 is 10.3 Å². The van der Waals surface area contributed by atoms with Crippen LogP contribution in [-0.2, 0) is 11.3 Å². The van der Waals surface area contributed by atoms with E-state index in [1.54, 1.807) is 12.3 Å². The molecule has 0 aromatic carbocycles. The van der Waals surface area contributed by atoms with Crippen molar-refractivity contribution in [2.24, 2.45) is 5.73 Å². The van der Waals surface area contributed by atoms with E-state index in [-0.39, 0.29) is 0 Å². The lowest BCUT2D eigenvalue weighted by atomic mass is 10.1. The van der Waals surface area contributed by atoms with Gasteiger partial charge in [-0.1, -0.05) is 0 Å². The Balaban J connectivity index is 2.25. The third-order valence-corrected chi connectivity index (χ3v) is 3.78. The van der Waals surface area contributed by atoms with Crippen LogP contribution in [-0.4, -0.2) is 22.0 Å². The number of hydrogen-bond donors (Lipinski definition) is 2. The monoisotopic (exact) mass is 281 g/mol. The summed E-state index contributed by atoms with van der Waals surface area (Å²) in [6, 6.07) is 7.17. The maximum Gasteiger partial charge on any atom is 0.240 e. The number of amides is 1. The van der Waals surface area contributed by atoms with Crippen molar-refractivity contribution in [2.75, 3.05) is 6.54 Å². The molecule has 0 saturated carbocycles. The quantitative estimate of drug-likeness (QED) is 0.853. The number of aromatic nitrogens is 2. The third kappa shape index (κ3) is 2.08. The number of nitrogens with one attached hydrogen (secondary N) is 1. The summed E-state index contributed by atoms with van der Waals surface area (Å²) in [6.45, 7) is 3.22. The summed E-state index contributed by atoms with van der Waals surface area (Å²) in [7, 11) is 0. The maximum atomic E-state index is 11.6. The highest BCUT2D eigenvalue weighted by Gasteiger charge is 2.29. The lowest BCUT2D eigenvalue weighted by molar-refractivity contribution is -0.120. The van der Waals surface area contributed by atoms with Crippen LogP contribution < -0.4 is 11.1 Å². The lowest BCUT2D eigenvalue weighted by Gasteiger charge is -2.25. The second-order valence-electron chi connectivity index (χ2n) is 5.02. The van der Waals surface area contributed by atoms with E-state index >= 15 is 0 Å². The van der Waals surface area contributed by atoms with Gasteiger partial charge in [0.2, 0.25) is 5.91 Å². The molecule has 21 heavy (non-hydrogen) atoms. The summed E-state index contributed by atoms with van der Waals surface area (Å²) < 4.78 is 1.99. The highest BCUT2D eigenvalue weighted by molar-refractivity contribution is 5.82. The first-order valence-corrected chi connectivity index (χ1v) is 6.71. The Morgan fingerprint density at radius 1 is 1.62 bits per heavy atom. The van der Waals surface area contributed by atoms with Crippen molar-refractivity contribution < 1.29 is 4.79 Å². The second kappa shape index (κ2) is 5.04. The van der Waals surface area contributed by atoms with E-state index in [9.17, 15) is 10.1 Å². The third-order valence-electron chi connectivity index (χ3n) is 3.78. The van der Waals surface area contributed by atoms with Crippen LogP contribution >= 0.6 is 0 Å². The Morgan fingerprint density at radius 2 is 2.43 bits per heavy atom. The van der Waals surface area contributed by atoms with Gasteiger partial charge in [-0.3, -0.25) is 15.1 Å². The predicted octanol–water partition coefficient (Wildman–Crippen LogP) is 0.860. The number of carbonyl (C=O) groups excluding carboxylic acids is 1. The van der Waals surface area contributed by atoms with Crippen LogP contribution in [0.25, 0.3) is 11.3 Å². The van der Waals surface area contributed by atoms with E-state index in [2.05, 4.69) is 16.4 Å². The van der Waals surface area contributed by atoms with Gasteiger partial charge >= 0.3 is 0 Å². The fourth-order valence-corrected chi connectivity index (χ4v) is 2.83. The fraction of sp³-hybridized carbons (Fsp3) is 0.267. The Bertz CT molecular complexity index is 756. The number of rotatable bonds is 2. The molecule has 1 unspecified atom stereocenters. The maximum absolute atomic E-state index is 11.6. The van der Waals surface area contributed by atoms with Gasteiger partial charge in [-0.2, -0.15) is 5.26 Å². The van der Waals surface area contributed by atoms with Crippen molar-refractivity contribution in [1.82, 2.24) is 14.9 Å². The van der Waals surface area contributed by atoms with Gasteiger partial charge in [-0.25, -0.2) is 0 Å². The molecule has 1 atom stereocenters. The van der Waals surface area contributed by atoms with E-state index < -0.39 is 11.9 Å². The van der Waals surface area contributed by atoms with Crippen LogP contribution in [0.1, 0.15) is 23.0 Å². The topological polar surface area (TPSA) is 96.7 Å². The van der Waals surface area contributed by atoms with Crippen LogP contribution in [0, 0.1) is 18.3 Å². The Hall–Kier alpha value is -2.65. The molecule has 6 nitrogen and oxygen atoms in total. The molecule has 0 bridgehead atoms. The Kier molecular flexibility index (Phi) is 3.20. The number of fused-ring (bicyclic) bond motifs is 1. The number of pyridine rings is 1. The van der Waals surface area contributed by atoms with E-state index in [0.29, 0.717) is 18.7 Å². The molecule has 0 saturated heterocycles. The van der Waals surface area contributed by atoms with Crippen LogP contribution in [0.2, 0.25) is 0 Å². The average Bonchev–Trinajstić information content (AvgIpc) is 2.85. The van der Waals surface area contributed by atoms with E-state index in [1.807, 2.05) is 23.6 Å². The minimum absolute atomic E-state index is 0.438. The molecule has 3 rings (SSSR count). The van der Waals surface area contributed by atoms with Crippen LogP contribution in [0.5, 0.6) is 0 Å². The van der Waals surface area contributed by atoms with Crippen molar-refractivity contribution in [3.63, 3.8) is 0 Å². The van der Waals surface area contributed by atoms with Crippen molar-refractivity contribution in [3.8, 4) is 17.3 Å². The highest BCUT2D eigenvalue weighted by atomic mass is 16.1. The molecule has 0 radical (unpaired) electrons. The summed E-state index contributed by atoms with van der Waals surface area (Å²) in [5.74, 6) is -0.438. The van der Waals surface area contributed by atoms with Gasteiger partial charge in [-0.05, 0) is 25.1 Å². The molecule has 0 aliphatic carbocycles. The van der Waals surface area contributed by atoms with Crippen LogP contribution in [0.4, 0.5) is 0 Å². The summed E-state index contributed by atoms with van der Waals surface area (Å²) >= 11 is 0. The first kappa shape index (κ1) is 13.3. The van der Waals surface area contributed by atoms with Gasteiger partial charge in [0.1, 0.15) is 12.1 Å². The molecule has 3 heterocycles. The predicted molar refractivity (Wildman–Crippen MR) is 77.1 cm³/mol. The minimum atomic E-state index is -0.559. The molecule has 6 heteroatoms. The van der Waals surface area contributed by atoms with Crippen molar-refractivity contribution in [2.45, 2.75) is 19.5 Å². The summed E-state index contributed by atoms with van der Waals surface area (Å²) in [5.41, 5.74) is 9.29. The smallest absolute Gasteiger partial charge is 0.240 e. The van der Waals surface area contributed by atoms with Crippen molar-refractivity contribution in [3.05, 3.63) is 41.3 Å². The molecular weight excluding hydrogens is 266 g/mol. The zero-order valence-corrected chi connectivity index (χ0v) is 11.6. The van der Waals surface area contributed by atoms with E-state index in [4.69, 9.17) is 5.73 Å². The minimum Gasteiger partial charge on any atom is -0.368 e. The largest absolute Gasteiger partial charge is 0.368 e. The standard InChI is InChI=1S/C15H15N5O/c1-9-11(3-2-4-18-9)14-10(8-16)7-12-13(15(17)21)19-5-6-20(12)14/h2-4,7,13,19H,5-6H2,1H3,(H2,17,21). The molecule has 0 spiro atoms. The zero-order chi connectivity index (χ0) is 15.0. The number of primary amides is 1. The number of aryl methyl sites for hydroxylation is 1. The van der Waals surface area contributed by atoms with Gasteiger partial charge in [-0.15, -0.1) is 0 Å². The lowest BCUT2D eigenvalue weighted by Crippen LogP contribution is -2.40. The van der Waals surface area contributed by atoms with Crippen molar-refractivity contribution >= 4 is 5.91 Å². The first-order valence-electron chi connectivity index (χ1n) is 6.71. The molecular formula is C15H15N5O. The van der Waals surface area contributed by atoms with Gasteiger partial charge in [0, 0.05) is 36.2 Å². The van der Waals surface area contributed by atoms with Crippen LogP contribution in [0.3, 0.4) is 0 Å². The molecule has 1 aliphatic heterocycles. The van der Waals surface area contributed by atoms with Crippen molar-refractivity contribution in [1.29, 1.82) is 5.26 Å². The summed E-state index contributed by atoms with van der Waals surface area (Å²) in [4.78, 5) is 15.9. The van der Waals surface area contributed by atoms with Crippen LogP contribution in [0.15, 0.2) is 24.4 Å². The first-order chi connectivity index (χ1) is 10.1. The average molecular weight is 281 g/mol. The fourth-order valence-electron chi connectivity index (χ4n) is 2.83. The summed E-state index contributed by atoms with van der Waals surface area (Å²) in [5, 5.41) is 12.5. The number of carbonyl (C=O) groups is 1. The molecule has 1 aliphatic rings. The number of nitrogens with zero attached hydrogens (tertiary/aromatic N) is 3. The van der Waals surface area contributed by atoms with Gasteiger partial charge in [0.15, 0.2) is 0 Å². The zero-order valence-electron chi connectivity index (χ0n) is 11.6. The van der Waals surface area contributed by atoms with Gasteiger partial charge in [0.05, 0.1) is 11.3 Å². The van der Waals surface area contributed by atoms with E-state index in [1.165, 1.54) is 0 Å². The molecule has 2 aromatic heterocycles. The highest BCUT2D eigenvalue weighted by Crippen LogP contribution is 2.32. The molecule has 106 valence electrons. The Labute approximate surface area is 122 Å². The Morgan fingerprint density at radius 3 is 3.10 bits per heavy atom. The molecule has 2 aromatic rings. The molecule has 0 fully saturated rings. The second-order valence-corrected chi connectivity index (χ2v) is 5.02. The molecule has 3 N–H and O–H groups in total. The number of hydrogen-bond acceptors (Lipinski definition) is 4. The SMILES string of the molecule is Cc1ncccc1-c1c(C#N)cc2n1CCNC2C(N)=O. The summed E-state index contributed by atoms with van der Waals surface area (Å²) in [6.07, 6.45) is 1.72. The van der Waals surface area contributed by atoms with E-state index in [0.717, 1.165) is 22.6 Å². The number of nitriles is 1. The normalized spacial score (nSPS) is 17.0. The number of nitrogens with two attached hydrogens (primary N) is 1. The molecule has 1 amide bonds. The van der Waals surface area contributed by atoms with Gasteiger partial charge in [0.25, 0.3) is 0 Å².